The number of hydrogen-bond acceptors (Lipinski definition) is 4. The third-order valence-electron chi connectivity index (χ3n) is 4.54. The lowest BCUT2D eigenvalue weighted by Crippen LogP contribution is -2.64. The average molecular weight is 254 g/mol. The minimum Gasteiger partial charge on any atom is -0.467 e. The summed E-state index contributed by atoms with van der Waals surface area (Å²) in [6.45, 7) is 1.90. The van der Waals surface area contributed by atoms with Crippen LogP contribution in [0.15, 0.2) is 0 Å². The van der Waals surface area contributed by atoms with Crippen LogP contribution in [0.3, 0.4) is 0 Å². The number of ether oxygens (including phenoxy) is 1. The standard InChI is InChI=1S/C14H26N2O2/c1-18-13(17)14(15)9-5-6-10-16(14)11-12-7-3-2-4-8-12/h12H,2-11,15H2,1H3. The van der Waals surface area contributed by atoms with Crippen molar-refractivity contribution in [3.63, 3.8) is 0 Å². The van der Waals surface area contributed by atoms with Crippen molar-refractivity contribution in [2.75, 3.05) is 20.2 Å². The van der Waals surface area contributed by atoms with E-state index in [-0.39, 0.29) is 5.97 Å². The molecule has 0 radical (unpaired) electrons. The van der Waals surface area contributed by atoms with Crippen molar-refractivity contribution >= 4 is 5.97 Å². The number of nitrogens with zero attached hydrogens (tertiary/aromatic N) is 1. The van der Waals surface area contributed by atoms with Crippen molar-refractivity contribution in [1.29, 1.82) is 0 Å². The first-order valence-corrected chi connectivity index (χ1v) is 7.29. The highest BCUT2D eigenvalue weighted by Crippen LogP contribution is 2.30. The van der Waals surface area contributed by atoms with E-state index in [1.54, 1.807) is 0 Å². The van der Waals surface area contributed by atoms with Crippen LogP contribution in [0, 0.1) is 5.92 Å². The SMILES string of the molecule is COC(=O)C1(N)CCCCN1CC1CCCCC1. The van der Waals surface area contributed by atoms with Crippen LogP contribution in [-0.4, -0.2) is 36.7 Å². The number of rotatable bonds is 3. The zero-order valence-electron chi connectivity index (χ0n) is 11.5. The second kappa shape index (κ2) is 6.02. The summed E-state index contributed by atoms with van der Waals surface area (Å²) in [6.07, 6.45) is 9.48. The average Bonchev–Trinajstić information content (AvgIpc) is 2.42. The molecule has 1 aliphatic heterocycles. The Kier molecular flexibility index (Phi) is 4.62. The van der Waals surface area contributed by atoms with E-state index in [0.29, 0.717) is 5.92 Å². The number of carbonyl (C=O) groups excluding carboxylic acids is 1. The summed E-state index contributed by atoms with van der Waals surface area (Å²) in [5.41, 5.74) is 5.46. The number of esters is 1. The quantitative estimate of drug-likeness (QED) is 0.781. The zero-order chi connectivity index (χ0) is 13.0. The van der Waals surface area contributed by atoms with E-state index in [9.17, 15) is 4.79 Å². The van der Waals surface area contributed by atoms with Crippen molar-refractivity contribution in [1.82, 2.24) is 4.90 Å². The molecule has 1 unspecified atom stereocenters. The molecule has 1 saturated carbocycles. The van der Waals surface area contributed by atoms with Gasteiger partial charge in [-0.25, -0.2) is 4.79 Å². The molecule has 104 valence electrons. The molecule has 18 heavy (non-hydrogen) atoms. The van der Waals surface area contributed by atoms with Crippen molar-refractivity contribution in [2.45, 2.75) is 57.0 Å². The number of piperidine rings is 1. The molecule has 0 bridgehead atoms. The largest absolute Gasteiger partial charge is 0.467 e. The van der Waals surface area contributed by atoms with Crippen LogP contribution in [0.1, 0.15) is 51.4 Å². The van der Waals surface area contributed by atoms with E-state index in [0.717, 1.165) is 32.4 Å². The Morgan fingerprint density at radius 2 is 2.00 bits per heavy atom. The van der Waals surface area contributed by atoms with Crippen LogP contribution in [0.2, 0.25) is 0 Å². The van der Waals surface area contributed by atoms with Gasteiger partial charge in [0.05, 0.1) is 7.11 Å². The fraction of sp³-hybridized carbons (Fsp3) is 0.929. The Bertz CT molecular complexity index is 290. The van der Waals surface area contributed by atoms with Gasteiger partial charge in [0.15, 0.2) is 5.66 Å². The molecule has 1 atom stereocenters. The minimum atomic E-state index is -0.871. The van der Waals surface area contributed by atoms with Gasteiger partial charge in [0.1, 0.15) is 0 Å². The second-order valence-corrected chi connectivity index (χ2v) is 5.82. The Morgan fingerprint density at radius 1 is 1.28 bits per heavy atom. The van der Waals surface area contributed by atoms with Gasteiger partial charge in [-0.1, -0.05) is 19.3 Å². The molecular weight excluding hydrogens is 228 g/mol. The van der Waals surface area contributed by atoms with Crippen LogP contribution < -0.4 is 5.73 Å². The first kappa shape index (κ1) is 13.8. The number of likely N-dealkylation sites (tertiary alicyclic amines) is 1. The van der Waals surface area contributed by atoms with E-state index in [1.807, 2.05) is 0 Å². The normalized spacial score (nSPS) is 31.2. The lowest BCUT2D eigenvalue weighted by Gasteiger charge is -2.44. The minimum absolute atomic E-state index is 0.266. The van der Waals surface area contributed by atoms with Crippen LogP contribution in [-0.2, 0) is 9.53 Å². The van der Waals surface area contributed by atoms with Gasteiger partial charge in [0.25, 0.3) is 0 Å². The van der Waals surface area contributed by atoms with E-state index in [4.69, 9.17) is 10.5 Å². The van der Waals surface area contributed by atoms with Gasteiger partial charge >= 0.3 is 5.97 Å². The Labute approximate surface area is 110 Å². The number of methoxy groups -OCH3 is 1. The van der Waals surface area contributed by atoms with Gasteiger partial charge in [-0.2, -0.15) is 0 Å². The molecule has 2 N–H and O–H groups in total. The van der Waals surface area contributed by atoms with Crippen molar-refractivity contribution < 1.29 is 9.53 Å². The number of hydrogen-bond donors (Lipinski definition) is 1. The van der Waals surface area contributed by atoms with Gasteiger partial charge in [-0.05, 0) is 38.0 Å². The third kappa shape index (κ3) is 2.86. The molecule has 2 aliphatic rings. The molecule has 4 nitrogen and oxygen atoms in total. The molecule has 0 spiro atoms. The fourth-order valence-electron chi connectivity index (χ4n) is 3.40. The van der Waals surface area contributed by atoms with Crippen molar-refractivity contribution in [3.8, 4) is 0 Å². The summed E-state index contributed by atoms with van der Waals surface area (Å²) in [5.74, 6) is 0.447. The smallest absolute Gasteiger partial charge is 0.341 e. The molecule has 2 fully saturated rings. The van der Waals surface area contributed by atoms with Crippen LogP contribution in [0.5, 0.6) is 0 Å². The monoisotopic (exact) mass is 254 g/mol. The molecule has 1 saturated heterocycles. The van der Waals surface area contributed by atoms with Gasteiger partial charge < -0.3 is 10.5 Å². The number of nitrogens with two attached hydrogens (primary N) is 1. The summed E-state index contributed by atoms with van der Waals surface area (Å²) >= 11 is 0. The maximum atomic E-state index is 12.0. The lowest BCUT2D eigenvalue weighted by molar-refractivity contribution is -0.158. The highest BCUT2D eigenvalue weighted by molar-refractivity contribution is 5.80. The predicted octanol–water partition coefficient (Wildman–Crippen LogP) is 1.88. The summed E-state index contributed by atoms with van der Waals surface area (Å²) in [7, 11) is 1.43. The van der Waals surface area contributed by atoms with Crippen LogP contribution in [0.25, 0.3) is 0 Å². The molecule has 0 aromatic carbocycles. The molecular formula is C14H26N2O2. The van der Waals surface area contributed by atoms with E-state index in [1.165, 1.54) is 39.2 Å². The Hall–Kier alpha value is -0.610. The Balaban J connectivity index is 2.00. The van der Waals surface area contributed by atoms with Crippen molar-refractivity contribution in [3.05, 3.63) is 0 Å². The molecule has 2 rings (SSSR count). The highest BCUT2D eigenvalue weighted by Gasteiger charge is 2.43. The van der Waals surface area contributed by atoms with Gasteiger partial charge in [0, 0.05) is 13.1 Å². The van der Waals surface area contributed by atoms with Gasteiger partial charge in [-0.15, -0.1) is 0 Å². The summed E-state index contributed by atoms with van der Waals surface area (Å²) < 4.78 is 4.91. The maximum Gasteiger partial charge on any atom is 0.341 e. The van der Waals surface area contributed by atoms with E-state index < -0.39 is 5.66 Å². The van der Waals surface area contributed by atoms with Gasteiger partial charge in [-0.3, -0.25) is 4.90 Å². The second-order valence-electron chi connectivity index (χ2n) is 5.82. The first-order chi connectivity index (χ1) is 8.66. The van der Waals surface area contributed by atoms with Crippen LogP contribution >= 0.6 is 0 Å². The third-order valence-corrected chi connectivity index (χ3v) is 4.54. The van der Waals surface area contributed by atoms with Crippen LogP contribution in [0.4, 0.5) is 0 Å². The highest BCUT2D eigenvalue weighted by atomic mass is 16.5. The fourth-order valence-corrected chi connectivity index (χ4v) is 3.40. The summed E-state index contributed by atoms with van der Waals surface area (Å²) in [4.78, 5) is 14.1. The van der Waals surface area contributed by atoms with Gasteiger partial charge in [0.2, 0.25) is 0 Å². The maximum absolute atomic E-state index is 12.0. The summed E-state index contributed by atoms with van der Waals surface area (Å²) in [6, 6.07) is 0. The van der Waals surface area contributed by atoms with E-state index in [2.05, 4.69) is 4.90 Å². The predicted molar refractivity (Wildman–Crippen MR) is 70.9 cm³/mol. The zero-order valence-corrected chi connectivity index (χ0v) is 11.5. The molecule has 4 heteroatoms. The molecule has 0 amide bonds. The molecule has 0 aromatic heterocycles. The Morgan fingerprint density at radius 3 is 2.67 bits per heavy atom. The van der Waals surface area contributed by atoms with Crippen molar-refractivity contribution in [2.24, 2.45) is 11.7 Å². The number of carbonyl (C=O) groups is 1. The molecule has 1 aliphatic carbocycles. The topological polar surface area (TPSA) is 55.6 Å². The molecule has 1 heterocycles. The summed E-state index contributed by atoms with van der Waals surface area (Å²) in [5, 5.41) is 0. The lowest BCUT2D eigenvalue weighted by atomic mass is 9.86. The van der Waals surface area contributed by atoms with E-state index >= 15 is 0 Å². The molecule has 0 aromatic rings. The first-order valence-electron chi connectivity index (χ1n) is 7.29.